The molecule has 0 N–H and O–H groups in total. The highest BCUT2D eigenvalue weighted by Gasteiger charge is 2.42. The Morgan fingerprint density at radius 2 is 2.04 bits per heavy atom. The molecule has 3 amide bonds. The van der Waals surface area contributed by atoms with Crippen molar-refractivity contribution in [1.29, 1.82) is 0 Å². The van der Waals surface area contributed by atoms with Crippen LogP contribution in [0.5, 0.6) is 0 Å². The van der Waals surface area contributed by atoms with E-state index >= 15 is 0 Å². The third-order valence-corrected chi connectivity index (χ3v) is 4.96. The second-order valence-electron chi connectivity index (χ2n) is 5.80. The number of nitrogens with zero attached hydrogens (tertiary/aromatic N) is 3. The largest absolute Gasteiger partial charge is 0.332 e. The fraction of sp³-hybridized carbons (Fsp3) is 0.167. The summed E-state index contributed by atoms with van der Waals surface area (Å²) in [7, 11) is 0. The van der Waals surface area contributed by atoms with Crippen molar-refractivity contribution < 1.29 is 19.3 Å². The summed E-state index contributed by atoms with van der Waals surface area (Å²) in [5.74, 6) is -1.98. The molecule has 0 saturated heterocycles. The van der Waals surface area contributed by atoms with Crippen LogP contribution >= 0.6 is 11.3 Å². The van der Waals surface area contributed by atoms with Gasteiger partial charge in [-0.3, -0.25) is 29.4 Å². The summed E-state index contributed by atoms with van der Waals surface area (Å²) in [4.78, 5) is 51.4. The van der Waals surface area contributed by atoms with E-state index in [4.69, 9.17) is 0 Å². The Hall–Kier alpha value is -3.33. The Bertz CT molecular complexity index is 938. The lowest BCUT2D eigenvalue weighted by atomic mass is 10.1. The van der Waals surface area contributed by atoms with Crippen molar-refractivity contribution in [2.75, 3.05) is 13.1 Å². The molecule has 0 bridgehead atoms. The highest BCUT2D eigenvalue weighted by Crippen LogP contribution is 2.30. The number of imide groups is 1. The normalized spacial score (nSPS) is 12.8. The van der Waals surface area contributed by atoms with Gasteiger partial charge < -0.3 is 4.90 Å². The van der Waals surface area contributed by atoms with Crippen LogP contribution in [0, 0.1) is 10.1 Å². The lowest BCUT2D eigenvalue weighted by molar-refractivity contribution is -0.385. The van der Waals surface area contributed by atoms with E-state index in [1.165, 1.54) is 28.4 Å². The number of nitro groups is 1. The summed E-state index contributed by atoms with van der Waals surface area (Å²) in [6, 6.07) is 7.59. The maximum absolute atomic E-state index is 12.7. The number of carbonyl (C=O) groups is 3. The van der Waals surface area contributed by atoms with Gasteiger partial charge in [-0.2, -0.15) is 0 Å². The average molecular weight is 385 g/mol. The smallest absolute Gasteiger partial charge is 0.282 e. The van der Waals surface area contributed by atoms with E-state index in [2.05, 4.69) is 6.58 Å². The molecule has 0 spiro atoms. The van der Waals surface area contributed by atoms with Crippen LogP contribution in [0.1, 0.15) is 25.6 Å². The molecule has 0 radical (unpaired) electrons. The number of hydrogen-bond acceptors (Lipinski definition) is 6. The van der Waals surface area contributed by atoms with Gasteiger partial charge in [-0.15, -0.1) is 17.9 Å². The van der Waals surface area contributed by atoms with Gasteiger partial charge in [0, 0.05) is 17.5 Å². The number of thiophene rings is 1. The Kier molecular flexibility index (Phi) is 5.13. The van der Waals surface area contributed by atoms with Gasteiger partial charge in [0.25, 0.3) is 17.5 Å². The molecule has 3 rings (SSSR count). The van der Waals surface area contributed by atoms with E-state index in [0.717, 1.165) is 15.8 Å². The van der Waals surface area contributed by atoms with Crippen LogP contribution in [0.2, 0.25) is 0 Å². The van der Waals surface area contributed by atoms with Crippen LogP contribution in [-0.4, -0.2) is 45.5 Å². The number of fused-ring (bicyclic) bond motifs is 1. The third-order valence-electron chi connectivity index (χ3n) is 4.10. The zero-order valence-electron chi connectivity index (χ0n) is 14.2. The molecular weight excluding hydrogens is 370 g/mol. The second-order valence-corrected chi connectivity index (χ2v) is 6.83. The van der Waals surface area contributed by atoms with Gasteiger partial charge in [0.15, 0.2) is 0 Å². The lowest BCUT2D eigenvalue weighted by Gasteiger charge is -2.23. The number of amides is 3. The lowest BCUT2D eigenvalue weighted by Crippen LogP contribution is -2.42. The van der Waals surface area contributed by atoms with Crippen LogP contribution in [0.15, 0.2) is 48.4 Å². The first-order chi connectivity index (χ1) is 12.9. The van der Waals surface area contributed by atoms with Gasteiger partial charge >= 0.3 is 0 Å². The van der Waals surface area contributed by atoms with E-state index in [0.29, 0.717) is 6.54 Å². The quantitative estimate of drug-likeness (QED) is 0.315. The molecule has 0 aliphatic carbocycles. The molecule has 1 aliphatic rings. The van der Waals surface area contributed by atoms with Crippen molar-refractivity contribution in [3.8, 4) is 0 Å². The Morgan fingerprint density at radius 3 is 2.67 bits per heavy atom. The van der Waals surface area contributed by atoms with Crippen LogP contribution in [0.4, 0.5) is 5.69 Å². The highest BCUT2D eigenvalue weighted by molar-refractivity contribution is 7.09. The molecule has 27 heavy (non-hydrogen) atoms. The second kappa shape index (κ2) is 7.50. The first-order valence-electron chi connectivity index (χ1n) is 7.98. The van der Waals surface area contributed by atoms with E-state index in [1.807, 2.05) is 17.5 Å². The topological polar surface area (TPSA) is 101 Å². The first-order valence-corrected chi connectivity index (χ1v) is 8.86. The van der Waals surface area contributed by atoms with Crippen LogP contribution in [0.25, 0.3) is 0 Å². The van der Waals surface area contributed by atoms with Gasteiger partial charge in [0.05, 0.1) is 17.0 Å². The van der Waals surface area contributed by atoms with Crippen molar-refractivity contribution in [2.24, 2.45) is 0 Å². The van der Waals surface area contributed by atoms with Crippen LogP contribution in [-0.2, 0) is 11.3 Å². The van der Waals surface area contributed by atoms with Crippen molar-refractivity contribution >= 4 is 34.7 Å². The van der Waals surface area contributed by atoms with Crippen LogP contribution < -0.4 is 0 Å². The Balaban J connectivity index is 1.82. The fourth-order valence-electron chi connectivity index (χ4n) is 2.85. The summed E-state index contributed by atoms with van der Waals surface area (Å²) in [5.41, 5.74) is -0.772. The molecule has 2 heterocycles. The van der Waals surface area contributed by atoms with Gasteiger partial charge in [0.1, 0.15) is 12.1 Å². The van der Waals surface area contributed by atoms with Crippen molar-refractivity contribution in [3.05, 3.63) is 74.5 Å². The number of hydrogen-bond donors (Lipinski definition) is 0. The van der Waals surface area contributed by atoms with Crippen molar-refractivity contribution in [3.63, 3.8) is 0 Å². The number of carbonyl (C=O) groups excluding carboxylic acids is 3. The summed E-state index contributed by atoms with van der Waals surface area (Å²) >= 11 is 1.48. The standard InChI is InChI=1S/C18H15N3O5S/c1-2-8-19(10-12-5-4-9-27-12)15(22)11-20-17(23)13-6-3-7-14(21(25)26)16(13)18(20)24/h2-7,9H,1,8,10-11H2. The summed E-state index contributed by atoms with van der Waals surface area (Å²) in [6.45, 7) is 3.72. The predicted molar refractivity (Wildman–Crippen MR) is 98.4 cm³/mol. The van der Waals surface area contributed by atoms with Crippen molar-refractivity contribution in [2.45, 2.75) is 6.54 Å². The molecule has 0 fully saturated rings. The Labute approximate surface area is 158 Å². The SMILES string of the molecule is C=CCN(Cc1cccs1)C(=O)CN1C(=O)c2cccc([N+](=O)[O-])c2C1=O. The first kappa shape index (κ1) is 18.5. The molecule has 0 atom stereocenters. The van der Waals surface area contributed by atoms with E-state index in [-0.39, 0.29) is 17.7 Å². The van der Waals surface area contributed by atoms with E-state index in [1.54, 1.807) is 6.08 Å². The molecule has 0 unspecified atom stereocenters. The van der Waals surface area contributed by atoms with Gasteiger partial charge in [0.2, 0.25) is 5.91 Å². The van der Waals surface area contributed by atoms with Gasteiger partial charge in [-0.1, -0.05) is 18.2 Å². The minimum absolute atomic E-state index is 0.0597. The maximum Gasteiger partial charge on any atom is 0.282 e. The number of rotatable bonds is 7. The number of benzene rings is 1. The zero-order valence-corrected chi connectivity index (χ0v) is 15.0. The number of nitro benzene ring substituents is 1. The summed E-state index contributed by atoms with van der Waals surface area (Å²) in [6.07, 6.45) is 1.55. The molecule has 1 aromatic heterocycles. The van der Waals surface area contributed by atoms with Crippen LogP contribution in [0.3, 0.4) is 0 Å². The molecule has 2 aromatic rings. The molecule has 9 heteroatoms. The molecule has 8 nitrogen and oxygen atoms in total. The Morgan fingerprint density at radius 1 is 1.26 bits per heavy atom. The van der Waals surface area contributed by atoms with Crippen molar-refractivity contribution in [1.82, 2.24) is 9.80 Å². The average Bonchev–Trinajstić information content (AvgIpc) is 3.24. The fourth-order valence-corrected chi connectivity index (χ4v) is 3.57. The molecule has 138 valence electrons. The third kappa shape index (κ3) is 3.49. The summed E-state index contributed by atoms with van der Waals surface area (Å²) < 4.78 is 0. The predicted octanol–water partition coefficient (Wildman–Crippen LogP) is 2.47. The highest BCUT2D eigenvalue weighted by atomic mass is 32.1. The van der Waals surface area contributed by atoms with Gasteiger partial charge in [-0.05, 0) is 17.5 Å². The minimum Gasteiger partial charge on any atom is -0.332 e. The molecule has 1 aliphatic heterocycles. The zero-order chi connectivity index (χ0) is 19.6. The van der Waals surface area contributed by atoms with E-state index < -0.39 is 34.9 Å². The molecule has 1 aromatic carbocycles. The molecule has 0 saturated carbocycles. The molecular formula is C18H15N3O5S. The maximum atomic E-state index is 12.7. The van der Waals surface area contributed by atoms with Gasteiger partial charge in [-0.25, -0.2) is 0 Å². The van der Waals surface area contributed by atoms with E-state index in [9.17, 15) is 24.5 Å². The summed E-state index contributed by atoms with van der Waals surface area (Å²) in [5, 5.41) is 13.0. The minimum atomic E-state index is -0.828. The monoisotopic (exact) mass is 385 g/mol.